The number of likely N-dealkylation sites (tertiary alicyclic amines) is 1. The van der Waals surface area contributed by atoms with Crippen LogP contribution in [0.25, 0.3) is 0 Å². The topological polar surface area (TPSA) is 3.24 Å². The minimum atomic E-state index is -0.882. The Morgan fingerprint density at radius 1 is 1.30 bits per heavy atom. The van der Waals surface area contributed by atoms with Gasteiger partial charge in [0.2, 0.25) is 0 Å². The number of alkyl halides is 1. The minimum Gasteiger partial charge on any atom is -0.306 e. The molecule has 0 aliphatic carbocycles. The van der Waals surface area contributed by atoms with Gasteiger partial charge in [0, 0.05) is 13.1 Å². The molecule has 0 aromatic heterocycles. The average Bonchev–Trinajstić information content (AvgIpc) is 1.78. The maximum absolute atomic E-state index is 13.0. The van der Waals surface area contributed by atoms with Crippen LogP contribution in [0.2, 0.25) is 0 Å². The molecule has 1 saturated heterocycles. The van der Waals surface area contributed by atoms with Gasteiger partial charge in [0.25, 0.3) is 0 Å². The average molecular weight is 168 g/mol. The molecule has 10 heavy (non-hydrogen) atoms. The molecule has 0 bridgehead atoms. The zero-order chi connectivity index (χ0) is 6.91. The van der Waals surface area contributed by atoms with Crippen LogP contribution in [-0.4, -0.2) is 30.7 Å². The molecule has 1 fully saturated rings. The van der Waals surface area contributed by atoms with Crippen LogP contribution in [0.4, 0.5) is 4.39 Å². The Morgan fingerprint density at radius 3 is 2.00 bits per heavy atom. The fourth-order valence-corrected chi connectivity index (χ4v) is 1.08. The second-order valence-corrected chi connectivity index (χ2v) is 3.22. The Balaban J connectivity index is 0.000000810. The highest BCUT2D eigenvalue weighted by Crippen LogP contribution is 2.24. The summed E-state index contributed by atoms with van der Waals surface area (Å²) in [5, 5.41) is 0. The van der Waals surface area contributed by atoms with Crippen molar-refractivity contribution in [2.45, 2.75) is 25.4 Å². The van der Waals surface area contributed by atoms with Gasteiger partial charge in [-0.05, 0) is 26.8 Å². The summed E-state index contributed by atoms with van der Waals surface area (Å²) in [5.41, 5.74) is -0.882. The first-order chi connectivity index (χ1) is 4.10. The molecule has 1 rings (SSSR count). The SMILES string of the molecule is CN1CCC(C)(F)CC1.Cl. The van der Waals surface area contributed by atoms with Crippen LogP contribution in [-0.2, 0) is 0 Å². The molecule has 0 amide bonds. The highest BCUT2D eigenvalue weighted by Gasteiger charge is 2.27. The van der Waals surface area contributed by atoms with Gasteiger partial charge in [-0.2, -0.15) is 0 Å². The first-order valence-electron chi connectivity index (χ1n) is 3.48. The van der Waals surface area contributed by atoms with Gasteiger partial charge in [-0.25, -0.2) is 4.39 Å². The van der Waals surface area contributed by atoms with Crippen LogP contribution in [0.5, 0.6) is 0 Å². The van der Waals surface area contributed by atoms with Gasteiger partial charge in [0.1, 0.15) is 5.67 Å². The van der Waals surface area contributed by atoms with Crippen molar-refractivity contribution < 1.29 is 4.39 Å². The summed E-state index contributed by atoms with van der Waals surface area (Å²) in [4.78, 5) is 2.17. The van der Waals surface area contributed by atoms with Crippen LogP contribution in [0.15, 0.2) is 0 Å². The summed E-state index contributed by atoms with van der Waals surface area (Å²) >= 11 is 0. The summed E-state index contributed by atoms with van der Waals surface area (Å²) in [6, 6.07) is 0. The van der Waals surface area contributed by atoms with E-state index in [4.69, 9.17) is 0 Å². The Hall–Kier alpha value is 0.180. The van der Waals surface area contributed by atoms with Crippen molar-refractivity contribution in [3.05, 3.63) is 0 Å². The van der Waals surface area contributed by atoms with Crippen LogP contribution >= 0.6 is 12.4 Å². The number of piperidine rings is 1. The van der Waals surface area contributed by atoms with E-state index in [9.17, 15) is 4.39 Å². The smallest absolute Gasteiger partial charge is 0.110 e. The zero-order valence-electron chi connectivity index (χ0n) is 6.56. The molecule has 0 radical (unpaired) electrons. The van der Waals surface area contributed by atoms with Crippen molar-refractivity contribution >= 4 is 12.4 Å². The van der Waals surface area contributed by atoms with Crippen LogP contribution in [0, 0.1) is 0 Å². The maximum atomic E-state index is 13.0. The van der Waals surface area contributed by atoms with Gasteiger partial charge in [-0.1, -0.05) is 0 Å². The van der Waals surface area contributed by atoms with Crippen molar-refractivity contribution in [1.29, 1.82) is 0 Å². The first-order valence-corrected chi connectivity index (χ1v) is 3.48. The summed E-state index contributed by atoms with van der Waals surface area (Å²) in [7, 11) is 2.04. The molecule has 0 saturated carbocycles. The second kappa shape index (κ2) is 3.54. The minimum absolute atomic E-state index is 0. The van der Waals surface area contributed by atoms with E-state index in [1.54, 1.807) is 6.92 Å². The van der Waals surface area contributed by atoms with E-state index in [-0.39, 0.29) is 12.4 Å². The lowest BCUT2D eigenvalue weighted by molar-refractivity contribution is 0.0870. The molecule has 1 aliphatic rings. The Kier molecular flexibility index (Phi) is 3.60. The molecular formula is C7H15ClFN. The normalized spacial score (nSPS) is 25.5. The molecule has 0 aromatic carbocycles. The molecule has 1 heterocycles. The molecule has 0 spiro atoms. The highest BCUT2D eigenvalue weighted by molar-refractivity contribution is 5.85. The fourth-order valence-electron chi connectivity index (χ4n) is 1.08. The number of hydrogen-bond acceptors (Lipinski definition) is 1. The van der Waals surface area contributed by atoms with E-state index < -0.39 is 5.67 Å². The predicted molar refractivity (Wildman–Crippen MR) is 43.5 cm³/mol. The van der Waals surface area contributed by atoms with Gasteiger partial charge in [0.15, 0.2) is 0 Å². The zero-order valence-corrected chi connectivity index (χ0v) is 7.38. The van der Waals surface area contributed by atoms with Gasteiger partial charge < -0.3 is 4.90 Å². The molecule has 0 aromatic rings. The van der Waals surface area contributed by atoms with Crippen molar-refractivity contribution in [3.63, 3.8) is 0 Å². The third-order valence-corrected chi connectivity index (χ3v) is 2.03. The molecular weight excluding hydrogens is 153 g/mol. The number of hydrogen-bond donors (Lipinski definition) is 0. The highest BCUT2D eigenvalue weighted by atomic mass is 35.5. The van der Waals surface area contributed by atoms with Gasteiger partial charge in [-0.15, -0.1) is 12.4 Å². The molecule has 0 atom stereocenters. The number of rotatable bonds is 0. The summed E-state index contributed by atoms with van der Waals surface area (Å²) in [5.74, 6) is 0. The molecule has 62 valence electrons. The second-order valence-electron chi connectivity index (χ2n) is 3.22. The quantitative estimate of drug-likeness (QED) is 0.533. The van der Waals surface area contributed by atoms with Crippen LogP contribution in [0.3, 0.4) is 0 Å². The van der Waals surface area contributed by atoms with Crippen LogP contribution < -0.4 is 0 Å². The summed E-state index contributed by atoms with van der Waals surface area (Å²) in [6.07, 6.45) is 1.40. The van der Waals surface area contributed by atoms with E-state index in [1.807, 2.05) is 7.05 Å². The van der Waals surface area contributed by atoms with Crippen molar-refractivity contribution in [2.75, 3.05) is 20.1 Å². The third-order valence-electron chi connectivity index (χ3n) is 2.03. The van der Waals surface area contributed by atoms with Gasteiger partial charge in [-0.3, -0.25) is 0 Å². The van der Waals surface area contributed by atoms with Crippen molar-refractivity contribution in [1.82, 2.24) is 4.90 Å². The molecule has 3 heteroatoms. The van der Waals surface area contributed by atoms with E-state index in [1.165, 1.54) is 0 Å². The lowest BCUT2D eigenvalue weighted by Crippen LogP contribution is -2.37. The molecule has 0 N–H and O–H groups in total. The predicted octanol–water partition coefficient (Wildman–Crippen LogP) is 1.86. The van der Waals surface area contributed by atoms with Crippen molar-refractivity contribution in [3.8, 4) is 0 Å². The van der Waals surface area contributed by atoms with Crippen LogP contribution in [0.1, 0.15) is 19.8 Å². The monoisotopic (exact) mass is 167 g/mol. The van der Waals surface area contributed by atoms with Gasteiger partial charge >= 0.3 is 0 Å². The molecule has 1 aliphatic heterocycles. The largest absolute Gasteiger partial charge is 0.306 e. The third kappa shape index (κ3) is 2.84. The summed E-state index contributed by atoms with van der Waals surface area (Å²) < 4.78 is 13.0. The standard InChI is InChI=1S/C7H14FN.ClH/c1-7(8)3-5-9(2)6-4-7;/h3-6H2,1-2H3;1H. The van der Waals surface area contributed by atoms with E-state index in [2.05, 4.69) is 4.90 Å². The van der Waals surface area contributed by atoms with Crippen molar-refractivity contribution in [2.24, 2.45) is 0 Å². The lowest BCUT2D eigenvalue weighted by atomic mass is 9.96. The number of nitrogens with zero attached hydrogens (tertiary/aromatic N) is 1. The van der Waals surface area contributed by atoms with E-state index in [0.29, 0.717) is 12.8 Å². The van der Waals surface area contributed by atoms with E-state index >= 15 is 0 Å². The Labute approximate surface area is 68.0 Å². The fraction of sp³-hybridized carbons (Fsp3) is 1.00. The first kappa shape index (κ1) is 10.2. The van der Waals surface area contributed by atoms with E-state index in [0.717, 1.165) is 13.1 Å². The molecule has 1 nitrogen and oxygen atoms in total. The molecule has 0 unspecified atom stereocenters. The Morgan fingerprint density at radius 2 is 1.70 bits per heavy atom. The lowest BCUT2D eigenvalue weighted by Gasteiger charge is -2.31. The Bertz CT molecular complexity index is 95.8. The maximum Gasteiger partial charge on any atom is 0.110 e. The number of halogens is 2. The van der Waals surface area contributed by atoms with Gasteiger partial charge in [0.05, 0.1) is 0 Å². The summed E-state index contributed by atoms with van der Waals surface area (Å²) in [6.45, 7) is 3.51.